The summed E-state index contributed by atoms with van der Waals surface area (Å²) < 4.78 is 27.6. The minimum absolute atomic E-state index is 0. The second-order valence-electron chi connectivity index (χ2n) is 4.92. The monoisotopic (exact) mass is 357 g/mol. The Kier molecular flexibility index (Phi) is 4.51. The first-order chi connectivity index (χ1) is 10.5. The first-order valence-electron chi connectivity index (χ1n) is 6.34. The van der Waals surface area contributed by atoms with Crippen LogP contribution in [-0.4, -0.2) is 49.5 Å². The van der Waals surface area contributed by atoms with Crippen molar-refractivity contribution < 1.29 is 57.9 Å². The molecule has 0 spiro atoms. The number of hydrogen-bond donors (Lipinski definition) is 2. The van der Waals surface area contributed by atoms with E-state index in [4.69, 9.17) is 9.26 Å². The predicted octanol–water partition coefficient (Wildman–Crippen LogP) is -4.73. The Hall–Kier alpha value is -0.620. The minimum Gasteiger partial charge on any atom is -0.756 e. The largest absolute Gasteiger partial charge is 1.00 e. The first-order valence-corrected chi connectivity index (χ1v) is 7.80. The molecule has 0 radical (unpaired) electrons. The summed E-state index contributed by atoms with van der Waals surface area (Å²) in [6.45, 7) is -0.250. The van der Waals surface area contributed by atoms with Crippen LogP contribution in [-0.2, 0) is 18.3 Å². The summed E-state index contributed by atoms with van der Waals surface area (Å²) in [5.41, 5.74) is -0.144. The summed E-state index contributed by atoms with van der Waals surface area (Å²) >= 11 is 0. The predicted molar refractivity (Wildman–Crippen MR) is 66.5 cm³/mol. The summed E-state index contributed by atoms with van der Waals surface area (Å²) in [4.78, 5) is 33.2. The van der Waals surface area contributed by atoms with Gasteiger partial charge in [-0.1, -0.05) is 0 Å². The Labute approximate surface area is 150 Å². The van der Waals surface area contributed by atoms with Crippen LogP contribution in [0.1, 0.15) is 6.23 Å². The Balaban J connectivity index is 0.00000156. The molecule has 2 aromatic rings. The number of nitrogens with zero attached hydrogens (tertiary/aromatic N) is 3. The number of aromatic amines is 1. The molecule has 0 amide bonds. The fourth-order valence-corrected chi connectivity index (χ4v) is 3.56. The number of hydrogen-bond acceptors (Lipinski definition) is 9. The Morgan fingerprint density at radius 2 is 2.26 bits per heavy atom. The molecule has 0 aliphatic carbocycles. The van der Waals surface area contributed by atoms with Gasteiger partial charge in [0.25, 0.3) is 13.4 Å². The number of rotatable bonds is 1. The summed E-state index contributed by atoms with van der Waals surface area (Å²) in [5.74, 6) is 0. The van der Waals surface area contributed by atoms with E-state index in [-0.39, 0.29) is 47.3 Å². The van der Waals surface area contributed by atoms with E-state index < -0.39 is 37.9 Å². The van der Waals surface area contributed by atoms with Gasteiger partial charge >= 0.3 is 29.6 Å². The van der Waals surface area contributed by atoms with Crippen molar-refractivity contribution in [2.75, 3.05) is 6.61 Å². The van der Waals surface area contributed by atoms with E-state index in [0.717, 1.165) is 0 Å². The third kappa shape index (κ3) is 2.82. The standard InChI is InChI=1S/C10H11N4O7P.Na/c15-6-7-4(1-19-22(17,18)21-7)20-10(6)14-3-13-5-8(14)11-2-12-9(5)16;/h2-4,6-7,10,15H,1H2,(H,17,18)(H,11,12,16);/q;+1/p-1/t4-,6-,7-,10-;/m1./s1/i1+1,4+1,6+1,7+1,10+1;. The molecule has 2 aliphatic rings. The van der Waals surface area contributed by atoms with E-state index in [1.165, 1.54) is 17.2 Å². The maximum absolute atomic E-state index is 11.6. The van der Waals surface area contributed by atoms with Crippen molar-refractivity contribution in [1.82, 2.24) is 19.5 Å². The van der Waals surface area contributed by atoms with Crippen LogP contribution in [0.25, 0.3) is 11.2 Å². The molecule has 0 aromatic carbocycles. The van der Waals surface area contributed by atoms with Gasteiger partial charge in [0.2, 0.25) is 0 Å². The molecule has 4 heterocycles. The minimum atomic E-state index is -4.44. The molecule has 4 rings (SSSR count). The van der Waals surface area contributed by atoms with Crippen molar-refractivity contribution >= 4 is 19.0 Å². The van der Waals surface area contributed by atoms with Crippen LogP contribution in [0.2, 0.25) is 0 Å². The molecule has 11 nitrogen and oxygen atoms in total. The summed E-state index contributed by atoms with van der Waals surface area (Å²) in [5, 5.41) is 10.3. The fraction of sp³-hybridized carbons (Fsp3) is 0.500. The van der Waals surface area contributed by atoms with E-state index >= 15 is 0 Å². The fourth-order valence-electron chi connectivity index (χ4n) is 2.61. The van der Waals surface area contributed by atoms with Gasteiger partial charge in [-0.2, -0.15) is 0 Å². The molecule has 2 saturated heterocycles. The molecule has 2 aliphatic heterocycles. The smallest absolute Gasteiger partial charge is 0.756 e. The average molecular weight is 357 g/mol. The molecule has 118 valence electrons. The van der Waals surface area contributed by atoms with E-state index in [0.29, 0.717) is 0 Å². The van der Waals surface area contributed by atoms with Crippen molar-refractivity contribution in [2.45, 2.75) is 24.5 Å². The normalized spacial score (nSPS) is 36.6. The first kappa shape index (κ1) is 17.2. The van der Waals surface area contributed by atoms with Gasteiger partial charge in [-0.25, -0.2) is 9.97 Å². The van der Waals surface area contributed by atoms with Crippen LogP contribution in [0, 0.1) is 0 Å². The van der Waals surface area contributed by atoms with Crippen LogP contribution in [0.3, 0.4) is 0 Å². The van der Waals surface area contributed by atoms with Crippen molar-refractivity contribution in [3.8, 4) is 0 Å². The molecule has 2 fully saturated rings. The van der Waals surface area contributed by atoms with Gasteiger partial charge in [0.05, 0.1) is 19.3 Å². The molecule has 5 atom stereocenters. The van der Waals surface area contributed by atoms with Crippen molar-refractivity contribution in [3.05, 3.63) is 23.0 Å². The number of fused-ring (bicyclic) bond motifs is 2. The zero-order chi connectivity index (χ0) is 15.5. The summed E-state index contributed by atoms with van der Waals surface area (Å²) in [6.07, 6.45) is -1.62. The molecule has 2 N–H and O–H groups in total. The summed E-state index contributed by atoms with van der Waals surface area (Å²) in [7, 11) is -4.44. The van der Waals surface area contributed by atoms with E-state index in [9.17, 15) is 19.4 Å². The second kappa shape index (κ2) is 6.03. The zero-order valence-corrected chi connectivity index (χ0v) is 14.8. The van der Waals surface area contributed by atoms with Crippen molar-refractivity contribution in [2.24, 2.45) is 0 Å². The Bertz CT molecular complexity index is 840. The van der Waals surface area contributed by atoms with Crippen LogP contribution >= 0.6 is 7.82 Å². The second-order valence-corrected chi connectivity index (χ2v) is 6.29. The van der Waals surface area contributed by atoms with Gasteiger partial charge in [-0.15, -0.1) is 0 Å². The molecule has 0 bridgehead atoms. The topological polar surface area (TPSA) is 152 Å². The van der Waals surface area contributed by atoms with Crippen LogP contribution in [0.4, 0.5) is 0 Å². The molecular formula is C10H10N4NaO7P. The maximum Gasteiger partial charge on any atom is 1.00 e. The molecule has 2 aromatic heterocycles. The number of H-pyrrole nitrogens is 1. The molecule has 0 saturated carbocycles. The molecule has 23 heavy (non-hydrogen) atoms. The number of phosphoric ester groups is 1. The maximum atomic E-state index is 11.6. The van der Waals surface area contributed by atoms with E-state index in [2.05, 4.69) is 19.5 Å². The van der Waals surface area contributed by atoms with Crippen LogP contribution < -0.4 is 40.0 Å². The van der Waals surface area contributed by atoms with E-state index in [1.807, 2.05) is 0 Å². The van der Waals surface area contributed by atoms with Crippen molar-refractivity contribution in [1.29, 1.82) is 0 Å². The number of aliphatic hydroxyl groups excluding tert-OH is 1. The van der Waals surface area contributed by atoms with Gasteiger partial charge in [0.1, 0.15) is 18.3 Å². The van der Waals surface area contributed by atoms with Gasteiger partial charge in [0.15, 0.2) is 17.4 Å². The van der Waals surface area contributed by atoms with Gasteiger partial charge in [-0.3, -0.25) is 13.9 Å². The van der Waals surface area contributed by atoms with Crippen molar-refractivity contribution in [3.63, 3.8) is 0 Å². The molecular weight excluding hydrogens is 347 g/mol. The molecule has 1 unspecified atom stereocenters. The van der Waals surface area contributed by atoms with Gasteiger partial charge in [0, 0.05) is 0 Å². The molecule has 13 heteroatoms. The van der Waals surface area contributed by atoms with Crippen LogP contribution in [0.15, 0.2) is 17.4 Å². The third-order valence-electron chi connectivity index (χ3n) is 3.60. The summed E-state index contributed by atoms with van der Waals surface area (Å²) in [6, 6.07) is 0. The Morgan fingerprint density at radius 1 is 1.48 bits per heavy atom. The van der Waals surface area contributed by atoms with Gasteiger partial charge < -0.3 is 28.8 Å². The third-order valence-corrected chi connectivity index (χ3v) is 4.56. The SMILES string of the molecule is O=c1[nH]cnc2c1ncn2[13C@@H]1O[13C@@H]2[13CH2]OP(=O)([O-])O[13C@H]2[13C@H]1O.[Na+]. The average Bonchev–Trinajstić information content (AvgIpc) is 3.01. The quantitative estimate of drug-likeness (QED) is 0.291. The van der Waals surface area contributed by atoms with E-state index in [1.54, 1.807) is 0 Å². The van der Waals surface area contributed by atoms with Gasteiger partial charge in [-0.05, 0) is 0 Å². The number of nitrogens with one attached hydrogen (secondary N) is 1. The number of phosphoric acid groups is 1. The number of imidazole rings is 1. The zero-order valence-electron chi connectivity index (χ0n) is 11.9. The number of aliphatic hydroxyl groups is 1. The number of ether oxygens (including phenoxy) is 1. The Morgan fingerprint density at radius 3 is 3.04 bits per heavy atom. The van der Waals surface area contributed by atoms with Crippen LogP contribution in [0.5, 0.6) is 0 Å². The number of aromatic nitrogens is 4.